The summed E-state index contributed by atoms with van der Waals surface area (Å²) < 4.78 is 4.81. The number of carbonyl (C=O) groups excluding carboxylic acids is 1. The van der Waals surface area contributed by atoms with E-state index in [2.05, 4.69) is 25.7 Å². The second-order valence-corrected chi connectivity index (χ2v) is 3.58. The van der Waals surface area contributed by atoms with Gasteiger partial charge in [-0.25, -0.2) is 0 Å². The maximum absolute atomic E-state index is 11.6. The molecule has 0 aliphatic carbocycles. The molecule has 0 bridgehead atoms. The Morgan fingerprint density at radius 1 is 1.44 bits per heavy atom. The van der Waals surface area contributed by atoms with E-state index in [4.69, 9.17) is 10.3 Å². The molecule has 0 unspecified atom stereocenters. The van der Waals surface area contributed by atoms with Gasteiger partial charge in [0.05, 0.1) is 0 Å². The zero-order valence-electron chi connectivity index (χ0n) is 9.75. The quantitative estimate of drug-likeness (QED) is 0.763. The fourth-order valence-corrected chi connectivity index (χ4v) is 1.28. The largest absolute Gasteiger partial charge is 0.382 e. The van der Waals surface area contributed by atoms with Crippen LogP contribution in [0.4, 0.5) is 5.82 Å². The highest BCUT2D eigenvalue weighted by Gasteiger charge is 2.08. The number of nitrogens with zero attached hydrogens (tertiary/aromatic N) is 4. The van der Waals surface area contributed by atoms with E-state index in [0.717, 1.165) is 0 Å². The van der Waals surface area contributed by atoms with E-state index in [1.807, 2.05) is 0 Å². The van der Waals surface area contributed by atoms with Crippen molar-refractivity contribution >= 4 is 11.7 Å². The molecule has 2 aromatic heterocycles. The Bertz CT molecular complexity index is 536. The van der Waals surface area contributed by atoms with Crippen molar-refractivity contribution < 1.29 is 9.32 Å². The van der Waals surface area contributed by atoms with Crippen molar-refractivity contribution in [1.29, 1.82) is 0 Å². The average molecular weight is 248 g/mol. The first-order chi connectivity index (χ1) is 8.65. The lowest BCUT2D eigenvalue weighted by Gasteiger charge is -2.01. The van der Waals surface area contributed by atoms with Crippen LogP contribution in [0.3, 0.4) is 0 Å². The Morgan fingerprint density at radius 3 is 2.89 bits per heavy atom. The van der Waals surface area contributed by atoms with Gasteiger partial charge in [0.2, 0.25) is 5.89 Å². The van der Waals surface area contributed by atoms with Gasteiger partial charge in [-0.05, 0) is 12.1 Å². The van der Waals surface area contributed by atoms with Crippen LogP contribution in [0.25, 0.3) is 0 Å². The van der Waals surface area contributed by atoms with Gasteiger partial charge in [-0.15, -0.1) is 10.2 Å². The summed E-state index contributed by atoms with van der Waals surface area (Å²) in [5.41, 5.74) is 5.59. The average Bonchev–Trinajstić information content (AvgIpc) is 2.76. The number of hydrogen-bond donors (Lipinski definition) is 2. The first kappa shape index (κ1) is 12.0. The maximum Gasteiger partial charge on any atom is 0.271 e. The molecule has 18 heavy (non-hydrogen) atoms. The number of anilines is 1. The topological polar surface area (TPSA) is 120 Å². The maximum atomic E-state index is 11.6. The Balaban J connectivity index is 1.83. The van der Waals surface area contributed by atoms with E-state index < -0.39 is 0 Å². The smallest absolute Gasteiger partial charge is 0.271 e. The monoisotopic (exact) mass is 248 g/mol. The van der Waals surface area contributed by atoms with E-state index in [1.54, 1.807) is 6.92 Å². The first-order valence-corrected chi connectivity index (χ1v) is 5.32. The lowest BCUT2D eigenvalue weighted by molar-refractivity contribution is 0.0948. The Labute approximate surface area is 103 Å². The number of aryl methyl sites for hydroxylation is 1. The minimum absolute atomic E-state index is 0.216. The number of aromatic nitrogens is 4. The summed E-state index contributed by atoms with van der Waals surface area (Å²) in [6.45, 7) is 2.10. The Morgan fingerprint density at radius 2 is 2.28 bits per heavy atom. The van der Waals surface area contributed by atoms with Gasteiger partial charge in [0.25, 0.3) is 5.91 Å². The molecule has 2 rings (SSSR count). The molecule has 0 radical (unpaired) electrons. The first-order valence-electron chi connectivity index (χ1n) is 5.32. The number of nitrogens with one attached hydrogen (secondary N) is 1. The molecule has 0 saturated carbocycles. The predicted octanol–water partition coefficient (Wildman–Crippen LogP) is -0.277. The highest BCUT2D eigenvalue weighted by atomic mass is 16.5. The molecule has 0 aliphatic heterocycles. The van der Waals surface area contributed by atoms with Crippen molar-refractivity contribution in [2.45, 2.75) is 13.3 Å². The van der Waals surface area contributed by atoms with Gasteiger partial charge in [-0.1, -0.05) is 5.16 Å². The molecule has 0 aliphatic rings. The molecule has 94 valence electrons. The standard InChI is InChI=1S/C10H12N6O2/c1-6-13-9(16-18-6)4-5-12-10(17)7-2-3-8(11)15-14-7/h2-3H,4-5H2,1H3,(H2,11,15)(H,12,17). The van der Waals surface area contributed by atoms with Crippen molar-refractivity contribution in [3.8, 4) is 0 Å². The van der Waals surface area contributed by atoms with Crippen LogP contribution in [0.5, 0.6) is 0 Å². The summed E-state index contributed by atoms with van der Waals surface area (Å²) in [7, 11) is 0. The molecule has 1 amide bonds. The van der Waals surface area contributed by atoms with Gasteiger partial charge in [-0.2, -0.15) is 4.98 Å². The summed E-state index contributed by atoms with van der Waals surface area (Å²) in [6, 6.07) is 3.03. The number of nitrogens with two attached hydrogens (primary N) is 1. The molecule has 3 N–H and O–H groups in total. The summed E-state index contributed by atoms with van der Waals surface area (Å²) in [4.78, 5) is 15.7. The van der Waals surface area contributed by atoms with E-state index in [0.29, 0.717) is 24.7 Å². The normalized spacial score (nSPS) is 10.3. The zero-order valence-corrected chi connectivity index (χ0v) is 9.75. The van der Waals surface area contributed by atoms with Crippen molar-refractivity contribution in [3.05, 3.63) is 29.5 Å². The molecule has 2 heterocycles. The zero-order chi connectivity index (χ0) is 13.0. The van der Waals surface area contributed by atoms with Gasteiger partial charge in [0.1, 0.15) is 5.82 Å². The number of rotatable bonds is 4. The Kier molecular flexibility index (Phi) is 3.46. The molecule has 0 atom stereocenters. The lowest BCUT2D eigenvalue weighted by Crippen LogP contribution is -2.27. The number of amides is 1. The molecular weight excluding hydrogens is 236 g/mol. The molecule has 0 fully saturated rings. The molecule has 0 saturated heterocycles. The minimum Gasteiger partial charge on any atom is -0.382 e. The van der Waals surface area contributed by atoms with E-state index in [9.17, 15) is 4.79 Å². The summed E-state index contributed by atoms with van der Waals surface area (Å²) in [6.07, 6.45) is 0.492. The van der Waals surface area contributed by atoms with Crippen LogP contribution < -0.4 is 11.1 Å². The van der Waals surface area contributed by atoms with Gasteiger partial charge >= 0.3 is 0 Å². The van der Waals surface area contributed by atoms with Gasteiger partial charge in [-0.3, -0.25) is 4.79 Å². The van der Waals surface area contributed by atoms with Crippen LogP contribution in [0.1, 0.15) is 22.2 Å². The van der Waals surface area contributed by atoms with Crippen molar-refractivity contribution in [2.75, 3.05) is 12.3 Å². The highest BCUT2D eigenvalue weighted by molar-refractivity contribution is 5.92. The Hall–Kier alpha value is -2.51. The fourth-order valence-electron chi connectivity index (χ4n) is 1.28. The molecule has 8 heteroatoms. The van der Waals surface area contributed by atoms with E-state index in [-0.39, 0.29) is 17.4 Å². The molecule has 0 spiro atoms. The third kappa shape index (κ3) is 3.00. The summed E-state index contributed by atoms with van der Waals surface area (Å²) in [5, 5.41) is 13.7. The van der Waals surface area contributed by atoms with Crippen LogP contribution >= 0.6 is 0 Å². The third-order valence-electron chi connectivity index (χ3n) is 2.12. The number of hydrogen-bond acceptors (Lipinski definition) is 7. The molecule has 0 aromatic carbocycles. The number of carbonyl (C=O) groups is 1. The highest BCUT2D eigenvalue weighted by Crippen LogP contribution is 1.98. The van der Waals surface area contributed by atoms with Crippen molar-refractivity contribution in [2.24, 2.45) is 0 Å². The predicted molar refractivity (Wildman–Crippen MR) is 61.5 cm³/mol. The third-order valence-corrected chi connectivity index (χ3v) is 2.12. The van der Waals surface area contributed by atoms with Crippen LogP contribution in [0, 0.1) is 6.92 Å². The SMILES string of the molecule is Cc1nc(CCNC(=O)c2ccc(N)nn2)no1. The van der Waals surface area contributed by atoms with Crippen LogP contribution in [0.15, 0.2) is 16.7 Å². The minimum atomic E-state index is -0.317. The van der Waals surface area contributed by atoms with Gasteiger partial charge in [0, 0.05) is 19.9 Å². The van der Waals surface area contributed by atoms with Crippen molar-refractivity contribution in [3.63, 3.8) is 0 Å². The summed E-state index contributed by atoms with van der Waals surface area (Å²) >= 11 is 0. The van der Waals surface area contributed by atoms with Gasteiger partial charge < -0.3 is 15.6 Å². The molecule has 2 aromatic rings. The van der Waals surface area contributed by atoms with E-state index >= 15 is 0 Å². The fraction of sp³-hybridized carbons (Fsp3) is 0.300. The number of nitrogen functional groups attached to an aromatic ring is 1. The second-order valence-electron chi connectivity index (χ2n) is 3.58. The van der Waals surface area contributed by atoms with Crippen molar-refractivity contribution in [1.82, 2.24) is 25.7 Å². The van der Waals surface area contributed by atoms with Gasteiger partial charge in [0.15, 0.2) is 11.5 Å². The molecule has 8 nitrogen and oxygen atoms in total. The van der Waals surface area contributed by atoms with Crippen LogP contribution in [-0.4, -0.2) is 32.8 Å². The van der Waals surface area contributed by atoms with Crippen LogP contribution in [-0.2, 0) is 6.42 Å². The van der Waals surface area contributed by atoms with E-state index in [1.165, 1.54) is 12.1 Å². The second kappa shape index (κ2) is 5.21. The molecular formula is C10H12N6O2. The van der Waals surface area contributed by atoms with Crippen LogP contribution in [0.2, 0.25) is 0 Å². The lowest BCUT2D eigenvalue weighted by atomic mass is 10.3. The summed E-state index contributed by atoms with van der Waals surface area (Å²) in [5.74, 6) is 1.01.